The minimum atomic E-state index is 0.383. The van der Waals surface area contributed by atoms with E-state index >= 15 is 0 Å². The minimum Gasteiger partial charge on any atom is -0.493 e. The molecule has 3 aromatic heterocycles. The van der Waals surface area contributed by atoms with Gasteiger partial charge >= 0.3 is 0 Å². The molecule has 1 aliphatic rings. The third-order valence-corrected chi connectivity index (χ3v) is 5.44. The number of methoxy groups -OCH3 is 2. The molecule has 1 aromatic carbocycles. The maximum Gasteiger partial charge on any atom is 0.183 e. The molecule has 8 heteroatoms. The molecule has 0 saturated heterocycles. The summed E-state index contributed by atoms with van der Waals surface area (Å²) in [6.07, 6.45) is 7.41. The molecule has 0 atom stereocenters. The lowest BCUT2D eigenvalue weighted by atomic mass is 10.1. The Hall–Kier alpha value is -3.94. The van der Waals surface area contributed by atoms with Crippen LogP contribution in [0.3, 0.4) is 0 Å². The number of nitrogens with zero attached hydrogens (tertiary/aromatic N) is 5. The van der Waals surface area contributed by atoms with E-state index in [9.17, 15) is 0 Å². The lowest BCUT2D eigenvalue weighted by molar-refractivity contribution is 0.411. The zero-order chi connectivity index (χ0) is 21.9. The molecule has 8 nitrogen and oxygen atoms in total. The van der Waals surface area contributed by atoms with Crippen LogP contribution in [0, 0.1) is 0 Å². The molecule has 1 saturated carbocycles. The number of hydrogen-bond donors (Lipinski definition) is 1. The van der Waals surface area contributed by atoms with Gasteiger partial charge in [-0.1, -0.05) is 30.3 Å². The molecule has 0 radical (unpaired) electrons. The van der Waals surface area contributed by atoms with Crippen molar-refractivity contribution in [2.45, 2.75) is 25.4 Å². The van der Waals surface area contributed by atoms with Crippen molar-refractivity contribution in [1.29, 1.82) is 0 Å². The zero-order valence-electron chi connectivity index (χ0n) is 18.0. The molecule has 32 heavy (non-hydrogen) atoms. The highest BCUT2D eigenvalue weighted by molar-refractivity contribution is 5.64. The van der Waals surface area contributed by atoms with E-state index in [1.807, 2.05) is 22.9 Å². The molecule has 0 spiro atoms. The molecule has 0 amide bonds. The first kappa shape index (κ1) is 20.0. The van der Waals surface area contributed by atoms with Crippen molar-refractivity contribution in [1.82, 2.24) is 24.7 Å². The topological polar surface area (TPSA) is 87.0 Å². The van der Waals surface area contributed by atoms with Crippen LogP contribution in [0.1, 0.15) is 24.4 Å². The highest BCUT2D eigenvalue weighted by Crippen LogP contribution is 2.41. The SMILES string of the molecule is COc1cnc(-c2c(OC)cnn2C2CC2)nc1NCc1ccc(-c2ccccn2)cc1. The Morgan fingerprint density at radius 1 is 0.969 bits per heavy atom. The predicted octanol–water partition coefficient (Wildman–Crippen LogP) is 4.37. The highest BCUT2D eigenvalue weighted by atomic mass is 16.5. The van der Waals surface area contributed by atoms with E-state index in [-0.39, 0.29) is 0 Å². The van der Waals surface area contributed by atoms with Gasteiger partial charge < -0.3 is 14.8 Å². The first-order valence-corrected chi connectivity index (χ1v) is 10.5. The fourth-order valence-corrected chi connectivity index (χ4v) is 3.58. The second-order valence-electron chi connectivity index (χ2n) is 7.61. The summed E-state index contributed by atoms with van der Waals surface area (Å²) >= 11 is 0. The summed E-state index contributed by atoms with van der Waals surface area (Å²) in [6, 6.07) is 14.6. The first-order valence-electron chi connectivity index (χ1n) is 10.5. The fraction of sp³-hybridized carbons (Fsp3) is 0.250. The van der Waals surface area contributed by atoms with E-state index in [1.54, 1.807) is 32.8 Å². The van der Waals surface area contributed by atoms with Crippen molar-refractivity contribution in [2.24, 2.45) is 0 Å². The maximum absolute atomic E-state index is 5.51. The number of anilines is 1. The van der Waals surface area contributed by atoms with Crippen LogP contribution in [-0.4, -0.2) is 39.0 Å². The van der Waals surface area contributed by atoms with Crippen LogP contribution in [0.25, 0.3) is 22.8 Å². The number of hydrogen-bond acceptors (Lipinski definition) is 7. The van der Waals surface area contributed by atoms with Crippen molar-refractivity contribution in [3.8, 4) is 34.3 Å². The number of aromatic nitrogens is 5. The average Bonchev–Trinajstić information content (AvgIpc) is 3.61. The van der Waals surface area contributed by atoms with Crippen LogP contribution >= 0.6 is 0 Å². The van der Waals surface area contributed by atoms with Gasteiger partial charge in [0.1, 0.15) is 5.69 Å². The van der Waals surface area contributed by atoms with E-state index in [1.165, 1.54) is 0 Å². The summed E-state index contributed by atoms with van der Waals surface area (Å²) in [5.74, 6) is 2.42. The Balaban J connectivity index is 1.38. The zero-order valence-corrected chi connectivity index (χ0v) is 18.0. The molecule has 162 valence electrons. The predicted molar refractivity (Wildman–Crippen MR) is 122 cm³/mol. The fourth-order valence-electron chi connectivity index (χ4n) is 3.58. The van der Waals surface area contributed by atoms with E-state index < -0.39 is 0 Å². The highest BCUT2D eigenvalue weighted by Gasteiger charge is 2.30. The van der Waals surface area contributed by atoms with Gasteiger partial charge in [0, 0.05) is 18.3 Å². The normalized spacial score (nSPS) is 13.1. The second-order valence-corrected chi connectivity index (χ2v) is 7.61. The van der Waals surface area contributed by atoms with Crippen LogP contribution < -0.4 is 14.8 Å². The summed E-state index contributed by atoms with van der Waals surface area (Å²) in [5.41, 5.74) is 3.94. The van der Waals surface area contributed by atoms with E-state index in [4.69, 9.17) is 14.5 Å². The van der Waals surface area contributed by atoms with Crippen molar-refractivity contribution < 1.29 is 9.47 Å². The van der Waals surface area contributed by atoms with Crippen molar-refractivity contribution in [2.75, 3.05) is 19.5 Å². The molecule has 3 heterocycles. The Kier molecular flexibility index (Phi) is 5.41. The van der Waals surface area contributed by atoms with Crippen LogP contribution in [0.15, 0.2) is 61.1 Å². The third-order valence-electron chi connectivity index (χ3n) is 5.44. The number of rotatable bonds is 8. The third kappa shape index (κ3) is 3.99. The van der Waals surface area contributed by atoms with E-state index in [0.29, 0.717) is 35.7 Å². The smallest absolute Gasteiger partial charge is 0.183 e. The van der Waals surface area contributed by atoms with Crippen LogP contribution in [-0.2, 0) is 6.54 Å². The van der Waals surface area contributed by atoms with Gasteiger partial charge in [0.05, 0.1) is 38.3 Å². The van der Waals surface area contributed by atoms with Gasteiger partial charge in [0.15, 0.2) is 23.1 Å². The largest absolute Gasteiger partial charge is 0.493 e. The standard InChI is InChI=1S/C24H24N6O2/c1-31-20-15-28-30(18-10-11-18)22(20)24-27-14-21(32-2)23(29-24)26-13-16-6-8-17(9-7-16)19-5-3-4-12-25-19/h3-9,12,14-15,18H,10-11,13H2,1-2H3,(H,26,27,29). The summed E-state index contributed by atoms with van der Waals surface area (Å²) < 4.78 is 13.0. The molecule has 0 aliphatic heterocycles. The summed E-state index contributed by atoms with van der Waals surface area (Å²) in [5, 5.41) is 7.86. The van der Waals surface area contributed by atoms with Crippen LogP contribution in [0.2, 0.25) is 0 Å². The van der Waals surface area contributed by atoms with Crippen molar-refractivity contribution in [3.05, 3.63) is 66.6 Å². The molecule has 1 N–H and O–H groups in total. The van der Waals surface area contributed by atoms with Gasteiger partial charge in [0.2, 0.25) is 0 Å². The van der Waals surface area contributed by atoms with Crippen molar-refractivity contribution in [3.63, 3.8) is 0 Å². The summed E-state index contributed by atoms with van der Waals surface area (Å²) in [4.78, 5) is 13.7. The van der Waals surface area contributed by atoms with Crippen LogP contribution in [0.4, 0.5) is 5.82 Å². The van der Waals surface area contributed by atoms with Gasteiger partial charge in [0.25, 0.3) is 0 Å². The van der Waals surface area contributed by atoms with Gasteiger partial charge in [-0.15, -0.1) is 0 Å². The Morgan fingerprint density at radius 2 is 1.78 bits per heavy atom. The molecular weight excluding hydrogens is 404 g/mol. The van der Waals surface area contributed by atoms with E-state index in [0.717, 1.165) is 35.4 Å². The quantitative estimate of drug-likeness (QED) is 0.446. The molecule has 1 aliphatic carbocycles. The molecule has 0 unspecified atom stereocenters. The number of nitrogens with one attached hydrogen (secondary N) is 1. The lowest BCUT2D eigenvalue weighted by Gasteiger charge is -2.13. The minimum absolute atomic E-state index is 0.383. The van der Waals surface area contributed by atoms with E-state index in [2.05, 4.69) is 44.6 Å². The summed E-state index contributed by atoms with van der Waals surface area (Å²) in [7, 11) is 3.25. The summed E-state index contributed by atoms with van der Waals surface area (Å²) in [6.45, 7) is 0.592. The Morgan fingerprint density at radius 3 is 2.47 bits per heavy atom. The molecule has 4 aromatic rings. The van der Waals surface area contributed by atoms with Gasteiger partial charge in [-0.05, 0) is 30.5 Å². The Labute approximate surface area is 186 Å². The van der Waals surface area contributed by atoms with Gasteiger partial charge in [-0.25, -0.2) is 9.97 Å². The Bertz CT molecular complexity index is 1200. The lowest BCUT2D eigenvalue weighted by Crippen LogP contribution is -2.07. The first-order chi connectivity index (χ1) is 15.8. The van der Waals surface area contributed by atoms with Gasteiger partial charge in [-0.3, -0.25) is 9.67 Å². The average molecular weight is 428 g/mol. The maximum atomic E-state index is 5.51. The van der Waals surface area contributed by atoms with Gasteiger partial charge in [-0.2, -0.15) is 5.10 Å². The number of ether oxygens (including phenoxy) is 2. The second kappa shape index (κ2) is 8.66. The number of benzene rings is 1. The van der Waals surface area contributed by atoms with Crippen molar-refractivity contribution >= 4 is 5.82 Å². The molecule has 0 bridgehead atoms. The molecular formula is C24H24N6O2. The molecule has 1 fully saturated rings. The monoisotopic (exact) mass is 428 g/mol. The molecule has 5 rings (SSSR count). The number of pyridine rings is 1. The van der Waals surface area contributed by atoms with Crippen LogP contribution in [0.5, 0.6) is 11.5 Å².